The molecule has 1 amide bonds. The van der Waals surface area contributed by atoms with Crippen molar-refractivity contribution in [2.75, 3.05) is 6.61 Å². The number of hydrogen-bond acceptors (Lipinski definition) is 4. The molecule has 1 saturated carbocycles. The van der Waals surface area contributed by atoms with Crippen LogP contribution in [0.2, 0.25) is 0 Å². The maximum Gasteiger partial charge on any atom is 0.328 e. The molecular formula is C13H24N2O3. The fourth-order valence-electron chi connectivity index (χ4n) is 2.31. The van der Waals surface area contributed by atoms with Gasteiger partial charge in [-0.1, -0.05) is 19.3 Å². The van der Waals surface area contributed by atoms with Gasteiger partial charge in [0, 0.05) is 6.04 Å². The average molecular weight is 256 g/mol. The Hall–Kier alpha value is -1.10. The van der Waals surface area contributed by atoms with Gasteiger partial charge in [-0.05, 0) is 26.7 Å². The van der Waals surface area contributed by atoms with E-state index < -0.39 is 12.0 Å². The van der Waals surface area contributed by atoms with Crippen molar-refractivity contribution in [3.63, 3.8) is 0 Å². The number of esters is 1. The van der Waals surface area contributed by atoms with Crippen molar-refractivity contribution in [1.29, 1.82) is 0 Å². The Morgan fingerprint density at radius 1 is 1.33 bits per heavy atom. The minimum absolute atomic E-state index is 0.0955. The maximum atomic E-state index is 12.1. The summed E-state index contributed by atoms with van der Waals surface area (Å²) >= 11 is 0. The number of ether oxygens (including phenoxy) is 1. The number of carbonyl (C=O) groups excluding carboxylic acids is 2. The van der Waals surface area contributed by atoms with Crippen LogP contribution in [0.25, 0.3) is 0 Å². The van der Waals surface area contributed by atoms with E-state index in [-0.39, 0.29) is 17.9 Å². The first kappa shape index (κ1) is 15.0. The highest BCUT2D eigenvalue weighted by Gasteiger charge is 2.29. The van der Waals surface area contributed by atoms with Gasteiger partial charge in [-0.15, -0.1) is 0 Å². The topological polar surface area (TPSA) is 81.4 Å². The van der Waals surface area contributed by atoms with Crippen LogP contribution in [0.3, 0.4) is 0 Å². The van der Waals surface area contributed by atoms with E-state index in [9.17, 15) is 9.59 Å². The molecule has 0 radical (unpaired) electrons. The molecule has 0 aromatic carbocycles. The molecule has 3 unspecified atom stereocenters. The number of rotatable bonds is 4. The molecule has 1 rings (SSSR count). The molecule has 0 bridgehead atoms. The van der Waals surface area contributed by atoms with Crippen LogP contribution >= 0.6 is 0 Å². The molecule has 1 aliphatic carbocycles. The van der Waals surface area contributed by atoms with Crippen LogP contribution in [-0.4, -0.2) is 30.6 Å². The summed E-state index contributed by atoms with van der Waals surface area (Å²) in [5.74, 6) is -0.692. The van der Waals surface area contributed by atoms with Crippen LogP contribution in [0.4, 0.5) is 0 Å². The van der Waals surface area contributed by atoms with Crippen molar-refractivity contribution < 1.29 is 14.3 Å². The Kier molecular flexibility index (Phi) is 6.12. The summed E-state index contributed by atoms with van der Waals surface area (Å²) in [5.41, 5.74) is 6.01. The lowest BCUT2D eigenvalue weighted by Crippen LogP contribution is -2.47. The van der Waals surface area contributed by atoms with Crippen molar-refractivity contribution in [3.05, 3.63) is 0 Å². The van der Waals surface area contributed by atoms with Crippen molar-refractivity contribution in [3.8, 4) is 0 Å². The van der Waals surface area contributed by atoms with Crippen LogP contribution in [0.15, 0.2) is 0 Å². The lowest BCUT2D eigenvalue weighted by Gasteiger charge is -2.22. The maximum absolute atomic E-state index is 12.1. The summed E-state index contributed by atoms with van der Waals surface area (Å²) in [6.45, 7) is 3.70. The Labute approximate surface area is 108 Å². The lowest BCUT2D eigenvalue weighted by atomic mass is 9.94. The van der Waals surface area contributed by atoms with Gasteiger partial charge in [0.15, 0.2) is 0 Å². The third kappa shape index (κ3) is 4.29. The first-order valence-corrected chi connectivity index (χ1v) is 6.78. The summed E-state index contributed by atoms with van der Waals surface area (Å²) in [7, 11) is 0. The molecule has 0 aromatic rings. The Morgan fingerprint density at radius 3 is 2.67 bits per heavy atom. The van der Waals surface area contributed by atoms with Crippen LogP contribution in [0, 0.1) is 5.92 Å². The van der Waals surface area contributed by atoms with Gasteiger partial charge in [0.2, 0.25) is 5.91 Å². The highest BCUT2D eigenvalue weighted by Crippen LogP contribution is 2.22. The number of nitrogens with two attached hydrogens (primary N) is 1. The average Bonchev–Trinajstić information content (AvgIpc) is 2.54. The van der Waals surface area contributed by atoms with Crippen LogP contribution in [-0.2, 0) is 14.3 Å². The second-order valence-corrected chi connectivity index (χ2v) is 4.89. The molecular weight excluding hydrogens is 232 g/mol. The third-order valence-corrected chi connectivity index (χ3v) is 3.41. The quantitative estimate of drug-likeness (QED) is 0.580. The summed E-state index contributed by atoms with van der Waals surface area (Å²) < 4.78 is 4.86. The van der Waals surface area contributed by atoms with Crippen molar-refractivity contribution in [2.24, 2.45) is 11.7 Å². The van der Waals surface area contributed by atoms with Crippen LogP contribution < -0.4 is 11.1 Å². The van der Waals surface area contributed by atoms with E-state index in [0.29, 0.717) is 6.61 Å². The lowest BCUT2D eigenvalue weighted by molar-refractivity contribution is -0.147. The predicted molar refractivity (Wildman–Crippen MR) is 68.8 cm³/mol. The fourth-order valence-corrected chi connectivity index (χ4v) is 2.31. The first-order valence-electron chi connectivity index (χ1n) is 6.78. The largest absolute Gasteiger partial charge is 0.464 e. The molecule has 1 aliphatic rings. The number of hydrogen-bond donors (Lipinski definition) is 2. The predicted octanol–water partition coefficient (Wildman–Crippen LogP) is 0.962. The summed E-state index contributed by atoms with van der Waals surface area (Å²) in [4.78, 5) is 23.5. The van der Waals surface area contributed by atoms with E-state index in [1.165, 1.54) is 0 Å². The van der Waals surface area contributed by atoms with Gasteiger partial charge >= 0.3 is 5.97 Å². The number of carbonyl (C=O) groups is 2. The zero-order valence-corrected chi connectivity index (χ0v) is 11.3. The van der Waals surface area contributed by atoms with Gasteiger partial charge in [-0.2, -0.15) is 0 Å². The van der Waals surface area contributed by atoms with E-state index in [1.54, 1.807) is 13.8 Å². The molecule has 18 heavy (non-hydrogen) atoms. The van der Waals surface area contributed by atoms with E-state index >= 15 is 0 Å². The highest BCUT2D eigenvalue weighted by molar-refractivity contribution is 5.85. The molecule has 104 valence electrons. The molecule has 0 aromatic heterocycles. The monoisotopic (exact) mass is 256 g/mol. The van der Waals surface area contributed by atoms with Gasteiger partial charge in [-0.25, -0.2) is 4.79 Å². The Balaban J connectivity index is 2.50. The van der Waals surface area contributed by atoms with E-state index in [4.69, 9.17) is 10.5 Å². The van der Waals surface area contributed by atoms with E-state index in [1.807, 2.05) is 0 Å². The second kappa shape index (κ2) is 7.36. The minimum Gasteiger partial charge on any atom is -0.464 e. The van der Waals surface area contributed by atoms with Gasteiger partial charge < -0.3 is 15.8 Å². The molecule has 0 saturated heterocycles. The van der Waals surface area contributed by atoms with Gasteiger partial charge in [0.1, 0.15) is 6.04 Å². The minimum atomic E-state index is -0.604. The van der Waals surface area contributed by atoms with Crippen LogP contribution in [0.1, 0.15) is 46.0 Å². The van der Waals surface area contributed by atoms with Crippen molar-refractivity contribution in [2.45, 2.75) is 58.0 Å². The van der Waals surface area contributed by atoms with Crippen LogP contribution in [0.5, 0.6) is 0 Å². The molecule has 5 heteroatoms. The Bertz CT molecular complexity index is 294. The zero-order valence-electron chi connectivity index (χ0n) is 11.3. The van der Waals surface area contributed by atoms with E-state index in [0.717, 1.165) is 32.1 Å². The van der Waals surface area contributed by atoms with E-state index in [2.05, 4.69) is 5.32 Å². The molecule has 0 heterocycles. The van der Waals surface area contributed by atoms with Gasteiger partial charge in [0.05, 0.1) is 12.5 Å². The summed E-state index contributed by atoms with van der Waals surface area (Å²) in [5, 5.41) is 2.70. The van der Waals surface area contributed by atoms with Crippen molar-refractivity contribution >= 4 is 11.9 Å². The third-order valence-electron chi connectivity index (χ3n) is 3.41. The highest BCUT2D eigenvalue weighted by atomic mass is 16.5. The number of nitrogens with one attached hydrogen (secondary N) is 1. The molecule has 3 atom stereocenters. The summed E-state index contributed by atoms with van der Waals surface area (Å²) in [6.07, 6.45) is 4.93. The standard InChI is InChI=1S/C13H24N2O3/c1-3-18-13(17)9(2)15-12(16)10-7-5-4-6-8-11(10)14/h9-11H,3-8,14H2,1-2H3,(H,15,16). The summed E-state index contributed by atoms with van der Waals surface area (Å²) in [6, 6.07) is -0.699. The molecule has 3 N–H and O–H groups in total. The molecule has 0 spiro atoms. The normalized spacial score (nSPS) is 25.9. The smallest absolute Gasteiger partial charge is 0.328 e. The van der Waals surface area contributed by atoms with Gasteiger partial charge in [0.25, 0.3) is 0 Å². The molecule has 0 aliphatic heterocycles. The van der Waals surface area contributed by atoms with Gasteiger partial charge in [-0.3, -0.25) is 4.79 Å². The molecule has 5 nitrogen and oxygen atoms in total. The number of amides is 1. The first-order chi connectivity index (χ1) is 8.56. The fraction of sp³-hybridized carbons (Fsp3) is 0.846. The van der Waals surface area contributed by atoms with Crippen molar-refractivity contribution in [1.82, 2.24) is 5.32 Å². The Morgan fingerprint density at radius 2 is 2.00 bits per heavy atom. The SMILES string of the molecule is CCOC(=O)C(C)NC(=O)C1CCCCCC1N. The second-order valence-electron chi connectivity index (χ2n) is 4.89. The zero-order chi connectivity index (χ0) is 13.5. The molecule has 1 fully saturated rings.